The summed E-state index contributed by atoms with van der Waals surface area (Å²) in [6.45, 7) is 2.08. The Balaban J connectivity index is 4.45. The molecule has 0 aromatic carbocycles. The van der Waals surface area contributed by atoms with Gasteiger partial charge in [-0.2, -0.15) is 0 Å². The van der Waals surface area contributed by atoms with Crippen LogP contribution in [-0.4, -0.2) is 43.9 Å². The highest BCUT2D eigenvalue weighted by molar-refractivity contribution is 5.98. The third kappa shape index (κ3) is 3.03. The van der Waals surface area contributed by atoms with Gasteiger partial charge in [0.25, 0.3) is 0 Å². The predicted molar refractivity (Wildman–Crippen MR) is 53.5 cm³/mol. The molecule has 0 spiro atoms. The van der Waals surface area contributed by atoms with Crippen LogP contribution in [0.15, 0.2) is 0 Å². The Labute approximate surface area is 83.0 Å². The van der Waals surface area contributed by atoms with Gasteiger partial charge in [0.2, 0.25) is 0 Å². The summed E-state index contributed by atoms with van der Waals surface area (Å²) < 4.78 is 21.0. The summed E-state index contributed by atoms with van der Waals surface area (Å²) in [6, 6.07) is 0. The van der Waals surface area contributed by atoms with Crippen LogP contribution in [0.2, 0.25) is 0 Å². The quantitative estimate of drug-likeness (QED) is 0.437. The Hall–Kier alpha value is 0.0569. The van der Waals surface area contributed by atoms with E-state index in [0.717, 1.165) is 12.8 Å². The minimum Gasteiger partial charge on any atom is -0.417 e. The highest BCUT2D eigenvalue weighted by Crippen LogP contribution is 2.23. The fraction of sp³-hybridized carbons (Fsp3) is 1.00. The van der Waals surface area contributed by atoms with Crippen LogP contribution in [-0.2, 0) is 18.6 Å². The Morgan fingerprint density at radius 3 is 1.85 bits per heavy atom. The smallest absolute Gasteiger partial charge is 0.308 e. The topological polar surface area (TPSA) is 36.9 Å². The van der Waals surface area contributed by atoms with Crippen LogP contribution in [0.1, 0.15) is 19.8 Å². The largest absolute Gasteiger partial charge is 0.417 e. The normalized spacial score (nSPS) is 14.8. The fourth-order valence-electron chi connectivity index (χ4n) is 1.35. The molecule has 0 aromatic rings. The van der Waals surface area contributed by atoms with Crippen LogP contribution in [0, 0.1) is 0 Å². The van der Waals surface area contributed by atoms with E-state index in [0.29, 0.717) is 10.5 Å². The zero-order valence-corrected chi connectivity index (χ0v) is 11.1. The van der Waals surface area contributed by atoms with E-state index in [1.807, 2.05) is 0 Å². The molecule has 0 bridgehead atoms. The van der Waals surface area contributed by atoms with Crippen LogP contribution in [0.4, 0.5) is 0 Å². The van der Waals surface area contributed by atoms with Crippen molar-refractivity contribution in [2.24, 2.45) is 0 Å². The average Bonchev–Trinajstić information content (AvgIpc) is 2.19. The maximum absolute atomic E-state index is 5.39. The molecule has 4 nitrogen and oxygen atoms in total. The molecule has 0 saturated carbocycles. The number of hydrogen-bond acceptors (Lipinski definition) is 4. The maximum Gasteiger partial charge on any atom is 0.308 e. The number of ether oxygens (including phenoxy) is 3. The lowest BCUT2D eigenvalue weighted by atomic mass is 10.2. The minimum absolute atomic E-state index is 0.149. The summed E-state index contributed by atoms with van der Waals surface area (Å²) in [5.74, 6) is -1.04. The summed E-state index contributed by atoms with van der Waals surface area (Å²) in [7, 11) is 5.30. The van der Waals surface area contributed by atoms with Crippen LogP contribution in [0.25, 0.3) is 0 Å². The maximum atomic E-state index is 5.39. The molecular weight excluding hydrogens is 188 g/mol. The first-order valence-corrected chi connectivity index (χ1v) is 5.20. The van der Waals surface area contributed by atoms with Crippen molar-refractivity contribution >= 4 is 10.5 Å². The molecule has 1 atom stereocenters. The Kier molecular flexibility index (Phi) is 6.53. The van der Waals surface area contributed by atoms with E-state index >= 15 is 0 Å². The van der Waals surface area contributed by atoms with Crippen molar-refractivity contribution in [3.8, 4) is 0 Å². The van der Waals surface area contributed by atoms with Gasteiger partial charge in [-0.25, -0.2) is 0 Å². The number of rotatable bonds is 7. The number of methoxy groups -OCH3 is 3. The highest BCUT2D eigenvalue weighted by atomic mass is 28.2. The first-order valence-electron chi connectivity index (χ1n) is 4.39. The Morgan fingerprint density at radius 1 is 1.15 bits per heavy atom. The molecule has 0 radical (unpaired) electrons. The van der Waals surface area contributed by atoms with Gasteiger partial charge in [-0.1, -0.05) is 13.3 Å². The van der Waals surface area contributed by atoms with Gasteiger partial charge in [0.15, 0.2) is 0 Å². The fourth-order valence-corrected chi connectivity index (χ4v) is 1.87. The zero-order valence-electron chi connectivity index (χ0n) is 9.12. The van der Waals surface area contributed by atoms with Crippen molar-refractivity contribution in [2.75, 3.05) is 21.3 Å². The summed E-state index contributed by atoms with van der Waals surface area (Å²) in [5, 5.41) is 0. The second kappa shape index (κ2) is 6.50. The third-order valence-electron chi connectivity index (χ3n) is 2.08. The van der Waals surface area contributed by atoms with E-state index < -0.39 is 5.97 Å². The van der Waals surface area contributed by atoms with E-state index in [-0.39, 0.29) is 6.10 Å². The van der Waals surface area contributed by atoms with E-state index in [1.54, 1.807) is 21.3 Å². The summed E-state index contributed by atoms with van der Waals surface area (Å²) in [6.07, 6.45) is 1.72. The molecule has 0 saturated heterocycles. The molecule has 13 heavy (non-hydrogen) atoms. The van der Waals surface area contributed by atoms with Crippen molar-refractivity contribution in [3.63, 3.8) is 0 Å². The van der Waals surface area contributed by atoms with E-state index in [4.69, 9.17) is 18.6 Å². The Morgan fingerprint density at radius 2 is 1.62 bits per heavy atom. The van der Waals surface area contributed by atoms with Crippen molar-refractivity contribution < 1.29 is 18.6 Å². The molecule has 1 unspecified atom stereocenters. The average molecular weight is 208 g/mol. The van der Waals surface area contributed by atoms with E-state index in [2.05, 4.69) is 6.92 Å². The minimum atomic E-state index is -1.04. The van der Waals surface area contributed by atoms with Gasteiger partial charge in [-0.15, -0.1) is 0 Å². The number of hydrogen-bond donors (Lipinski definition) is 0. The van der Waals surface area contributed by atoms with Crippen molar-refractivity contribution in [2.45, 2.75) is 31.8 Å². The van der Waals surface area contributed by atoms with Gasteiger partial charge >= 0.3 is 5.97 Å². The van der Waals surface area contributed by atoms with Crippen molar-refractivity contribution in [3.05, 3.63) is 0 Å². The van der Waals surface area contributed by atoms with E-state index in [9.17, 15) is 0 Å². The molecule has 0 fully saturated rings. The second-order valence-electron chi connectivity index (χ2n) is 2.73. The molecule has 5 heteroatoms. The van der Waals surface area contributed by atoms with Gasteiger partial charge in [-0.05, 0) is 6.42 Å². The molecule has 0 heterocycles. The standard InChI is InChI=1S/C8H20O4Si/c1-5-6-7(12-13)8(9-2,10-3)11-4/h7H,5-6H2,1-4,13H3. The predicted octanol–water partition coefficient (Wildman–Crippen LogP) is 0.0451. The van der Waals surface area contributed by atoms with Gasteiger partial charge in [-0.3, -0.25) is 0 Å². The highest BCUT2D eigenvalue weighted by Gasteiger charge is 2.39. The van der Waals surface area contributed by atoms with Crippen LogP contribution >= 0.6 is 0 Å². The van der Waals surface area contributed by atoms with Crippen LogP contribution in [0.3, 0.4) is 0 Å². The summed E-state index contributed by atoms with van der Waals surface area (Å²) >= 11 is 0. The summed E-state index contributed by atoms with van der Waals surface area (Å²) in [5.41, 5.74) is 0. The lowest BCUT2D eigenvalue weighted by molar-refractivity contribution is -0.384. The van der Waals surface area contributed by atoms with Crippen molar-refractivity contribution in [1.29, 1.82) is 0 Å². The lowest BCUT2D eigenvalue weighted by Crippen LogP contribution is -2.48. The zero-order chi connectivity index (χ0) is 10.3. The van der Waals surface area contributed by atoms with Crippen LogP contribution in [0.5, 0.6) is 0 Å². The molecule has 0 amide bonds. The first-order chi connectivity index (χ1) is 6.20. The van der Waals surface area contributed by atoms with Gasteiger partial charge in [0.05, 0.1) is 0 Å². The molecule has 0 aliphatic heterocycles. The molecular formula is C8H20O4Si. The molecule has 0 N–H and O–H groups in total. The molecule has 0 rings (SSSR count). The summed E-state index contributed by atoms with van der Waals surface area (Å²) in [4.78, 5) is 0. The monoisotopic (exact) mass is 208 g/mol. The molecule has 0 aromatic heterocycles. The lowest BCUT2D eigenvalue weighted by Gasteiger charge is -2.35. The Bertz CT molecular complexity index is 119. The third-order valence-corrected chi connectivity index (χ3v) is 2.65. The molecule has 0 aliphatic rings. The second-order valence-corrected chi connectivity index (χ2v) is 3.20. The van der Waals surface area contributed by atoms with Crippen LogP contribution < -0.4 is 0 Å². The molecule has 80 valence electrons. The van der Waals surface area contributed by atoms with Gasteiger partial charge in [0.1, 0.15) is 16.6 Å². The van der Waals surface area contributed by atoms with E-state index in [1.165, 1.54) is 0 Å². The SMILES string of the molecule is CCCC(O[SiH3])C(OC)(OC)OC. The first kappa shape index (κ1) is 13.1. The van der Waals surface area contributed by atoms with Gasteiger partial charge in [0, 0.05) is 21.3 Å². The van der Waals surface area contributed by atoms with Gasteiger partial charge < -0.3 is 18.6 Å². The van der Waals surface area contributed by atoms with Crippen molar-refractivity contribution in [1.82, 2.24) is 0 Å². The molecule has 0 aliphatic carbocycles.